The van der Waals surface area contributed by atoms with E-state index in [0.717, 1.165) is 43.4 Å². The van der Waals surface area contributed by atoms with Crippen molar-refractivity contribution in [2.24, 2.45) is 23.7 Å². The zero-order valence-corrected chi connectivity index (χ0v) is 17.5. The molecule has 2 aliphatic rings. The van der Waals surface area contributed by atoms with E-state index in [1.165, 1.54) is 69.2 Å². The van der Waals surface area contributed by atoms with Crippen LogP contribution in [0.2, 0.25) is 0 Å². The first-order chi connectivity index (χ1) is 14.0. The topological polar surface area (TPSA) is 35.5 Å². The van der Waals surface area contributed by atoms with E-state index in [9.17, 15) is 13.6 Å². The van der Waals surface area contributed by atoms with Gasteiger partial charge in [-0.25, -0.2) is 0 Å². The van der Waals surface area contributed by atoms with E-state index in [-0.39, 0.29) is 17.6 Å². The van der Waals surface area contributed by atoms with Crippen molar-refractivity contribution in [1.29, 1.82) is 0 Å². The minimum Gasteiger partial charge on any atom is -0.435 e. The van der Waals surface area contributed by atoms with Gasteiger partial charge < -0.3 is 9.47 Å². The molecule has 2 saturated carbocycles. The second-order valence-corrected chi connectivity index (χ2v) is 8.81. The fourth-order valence-corrected chi connectivity index (χ4v) is 5.16. The monoisotopic (exact) mass is 408 g/mol. The molecular formula is C24H34F2O3. The third-order valence-corrected chi connectivity index (χ3v) is 6.90. The summed E-state index contributed by atoms with van der Waals surface area (Å²) in [7, 11) is 0. The molecule has 162 valence electrons. The summed E-state index contributed by atoms with van der Waals surface area (Å²) in [4.78, 5) is 12.5. The first kappa shape index (κ1) is 22.0. The number of alkyl halides is 2. The Labute approximate surface area is 173 Å². The van der Waals surface area contributed by atoms with Gasteiger partial charge in [0, 0.05) is 0 Å². The maximum absolute atomic E-state index is 12.5. The van der Waals surface area contributed by atoms with Crippen molar-refractivity contribution in [2.45, 2.75) is 84.2 Å². The molecule has 5 heteroatoms. The van der Waals surface area contributed by atoms with E-state index in [4.69, 9.17) is 4.74 Å². The Hall–Kier alpha value is -1.65. The molecule has 3 nitrogen and oxygen atoms in total. The van der Waals surface area contributed by atoms with Crippen LogP contribution in [0.25, 0.3) is 0 Å². The van der Waals surface area contributed by atoms with Gasteiger partial charge in [0.1, 0.15) is 11.5 Å². The molecule has 1 aromatic carbocycles. The number of rotatable bonds is 8. The minimum atomic E-state index is -2.86. The van der Waals surface area contributed by atoms with Crippen molar-refractivity contribution in [3.05, 3.63) is 24.3 Å². The summed E-state index contributed by atoms with van der Waals surface area (Å²) in [6.07, 6.45) is 13.6. The van der Waals surface area contributed by atoms with Gasteiger partial charge in [0.15, 0.2) is 0 Å². The fraction of sp³-hybridized carbons (Fsp3) is 0.708. The highest BCUT2D eigenvalue weighted by Gasteiger charge is 2.33. The molecule has 0 heterocycles. The Balaban J connectivity index is 1.39. The van der Waals surface area contributed by atoms with Gasteiger partial charge in [0.2, 0.25) is 0 Å². The van der Waals surface area contributed by atoms with Crippen molar-refractivity contribution in [2.75, 3.05) is 0 Å². The van der Waals surface area contributed by atoms with E-state index < -0.39 is 6.61 Å². The Morgan fingerprint density at radius 1 is 0.931 bits per heavy atom. The highest BCUT2D eigenvalue weighted by molar-refractivity contribution is 5.75. The SMILES string of the molecule is CCCC[C@H]1CC[C@H]([C@H]2CC[C@H](C(=O)Oc3ccc(OC(F)F)cc3)CC2)CC1. The van der Waals surface area contributed by atoms with Crippen molar-refractivity contribution < 1.29 is 23.0 Å². The maximum Gasteiger partial charge on any atom is 0.387 e. The van der Waals surface area contributed by atoms with Gasteiger partial charge in [-0.3, -0.25) is 4.79 Å². The number of benzene rings is 1. The van der Waals surface area contributed by atoms with Crippen LogP contribution in [-0.4, -0.2) is 12.6 Å². The summed E-state index contributed by atoms with van der Waals surface area (Å²) >= 11 is 0. The summed E-state index contributed by atoms with van der Waals surface area (Å²) in [5, 5.41) is 0. The number of hydrogen-bond donors (Lipinski definition) is 0. The molecule has 0 bridgehead atoms. The molecule has 0 saturated heterocycles. The van der Waals surface area contributed by atoms with Crippen molar-refractivity contribution >= 4 is 5.97 Å². The molecule has 0 amide bonds. The van der Waals surface area contributed by atoms with E-state index in [2.05, 4.69) is 11.7 Å². The lowest BCUT2D eigenvalue weighted by atomic mass is 9.68. The number of carbonyl (C=O) groups is 1. The molecule has 0 aliphatic heterocycles. The molecule has 0 aromatic heterocycles. The lowest BCUT2D eigenvalue weighted by Gasteiger charge is -2.37. The number of esters is 1. The first-order valence-electron chi connectivity index (χ1n) is 11.3. The summed E-state index contributed by atoms with van der Waals surface area (Å²) in [6.45, 7) is -0.587. The third kappa shape index (κ3) is 6.68. The van der Waals surface area contributed by atoms with Crippen molar-refractivity contribution in [1.82, 2.24) is 0 Å². The summed E-state index contributed by atoms with van der Waals surface area (Å²) in [5.74, 6) is 2.73. The van der Waals surface area contributed by atoms with Crippen LogP contribution in [0.3, 0.4) is 0 Å². The van der Waals surface area contributed by atoms with Gasteiger partial charge in [-0.05, 0) is 80.5 Å². The Bertz CT molecular complexity index is 616. The molecule has 0 spiro atoms. The molecule has 0 N–H and O–H groups in total. The number of ether oxygens (including phenoxy) is 2. The van der Waals surface area contributed by atoms with Gasteiger partial charge in [-0.15, -0.1) is 0 Å². The lowest BCUT2D eigenvalue weighted by molar-refractivity contribution is -0.140. The molecule has 0 unspecified atom stereocenters. The average Bonchev–Trinajstić information content (AvgIpc) is 2.74. The van der Waals surface area contributed by atoms with Gasteiger partial charge in [-0.2, -0.15) is 8.78 Å². The average molecular weight is 409 g/mol. The molecule has 1 aromatic rings. The molecule has 0 radical (unpaired) electrons. The summed E-state index contributed by atoms with van der Waals surface area (Å²) in [5.41, 5.74) is 0. The van der Waals surface area contributed by atoms with Crippen LogP contribution in [0.15, 0.2) is 24.3 Å². The Morgan fingerprint density at radius 3 is 2.03 bits per heavy atom. The van der Waals surface area contributed by atoms with Crippen molar-refractivity contribution in [3.63, 3.8) is 0 Å². The third-order valence-electron chi connectivity index (χ3n) is 6.90. The minimum absolute atomic E-state index is 0.0517. The number of unbranched alkanes of at least 4 members (excludes halogenated alkanes) is 1. The maximum atomic E-state index is 12.5. The van der Waals surface area contributed by atoms with Crippen LogP contribution in [0.1, 0.15) is 77.6 Å². The van der Waals surface area contributed by atoms with Gasteiger partial charge in [0.25, 0.3) is 0 Å². The van der Waals surface area contributed by atoms with Crippen LogP contribution in [-0.2, 0) is 4.79 Å². The van der Waals surface area contributed by atoms with Gasteiger partial charge in [0.05, 0.1) is 5.92 Å². The zero-order chi connectivity index (χ0) is 20.6. The molecule has 3 rings (SSSR count). The predicted octanol–water partition coefficient (Wildman–Crippen LogP) is 7.00. The van der Waals surface area contributed by atoms with E-state index >= 15 is 0 Å². The quantitative estimate of drug-likeness (QED) is 0.343. The van der Waals surface area contributed by atoms with Crippen LogP contribution in [0.5, 0.6) is 11.5 Å². The van der Waals surface area contributed by atoms with Crippen LogP contribution in [0, 0.1) is 23.7 Å². The van der Waals surface area contributed by atoms with E-state index in [0.29, 0.717) is 5.75 Å². The number of halogens is 2. The fourth-order valence-electron chi connectivity index (χ4n) is 5.16. The summed E-state index contributed by atoms with van der Waals surface area (Å²) < 4.78 is 34.2. The first-order valence-corrected chi connectivity index (χ1v) is 11.3. The highest BCUT2D eigenvalue weighted by atomic mass is 19.3. The van der Waals surface area contributed by atoms with Crippen LogP contribution >= 0.6 is 0 Å². The van der Waals surface area contributed by atoms with Gasteiger partial charge in [-0.1, -0.05) is 39.0 Å². The Kier molecular flexibility index (Phi) is 8.31. The predicted molar refractivity (Wildman–Crippen MR) is 109 cm³/mol. The van der Waals surface area contributed by atoms with E-state index in [1.807, 2.05) is 0 Å². The summed E-state index contributed by atoms with van der Waals surface area (Å²) in [6, 6.07) is 5.78. The smallest absolute Gasteiger partial charge is 0.387 e. The second kappa shape index (κ2) is 10.9. The van der Waals surface area contributed by atoms with Crippen LogP contribution < -0.4 is 9.47 Å². The molecule has 0 atom stereocenters. The largest absolute Gasteiger partial charge is 0.435 e. The molecule has 2 aliphatic carbocycles. The van der Waals surface area contributed by atoms with Crippen molar-refractivity contribution in [3.8, 4) is 11.5 Å². The van der Waals surface area contributed by atoms with Crippen LogP contribution in [0.4, 0.5) is 8.78 Å². The molecular weight excluding hydrogens is 374 g/mol. The zero-order valence-electron chi connectivity index (χ0n) is 17.5. The van der Waals surface area contributed by atoms with Gasteiger partial charge >= 0.3 is 12.6 Å². The number of carbonyl (C=O) groups excluding carboxylic acids is 1. The molecule has 2 fully saturated rings. The highest BCUT2D eigenvalue weighted by Crippen LogP contribution is 2.42. The Morgan fingerprint density at radius 2 is 1.48 bits per heavy atom. The molecule has 29 heavy (non-hydrogen) atoms. The second-order valence-electron chi connectivity index (χ2n) is 8.81. The number of hydrogen-bond acceptors (Lipinski definition) is 3. The lowest BCUT2D eigenvalue weighted by Crippen LogP contribution is -2.30. The normalized spacial score (nSPS) is 27.6. The van der Waals surface area contributed by atoms with E-state index in [1.54, 1.807) is 0 Å². The standard InChI is InChI=1S/C24H34F2O3/c1-2-3-4-17-5-7-18(8-6-17)19-9-11-20(12-10-19)23(27)28-21-13-15-22(16-14-21)29-24(25)26/h13-20,24H,2-12H2,1H3/t17-,18-,19-,20-.